The summed E-state index contributed by atoms with van der Waals surface area (Å²) < 4.78 is 18.7. The number of fused-ring (bicyclic) bond motifs is 2. The summed E-state index contributed by atoms with van der Waals surface area (Å²) in [5.41, 5.74) is 2.21. The predicted molar refractivity (Wildman–Crippen MR) is 100 cm³/mol. The van der Waals surface area contributed by atoms with Gasteiger partial charge in [0.1, 0.15) is 5.75 Å². The number of benzene rings is 2. The van der Waals surface area contributed by atoms with E-state index >= 15 is 0 Å². The normalized spacial score (nSPS) is 23.4. The molecule has 2 aromatic rings. The number of hydrogen-bond acceptors (Lipinski definition) is 4. The third kappa shape index (κ3) is 3.22. The predicted octanol–water partition coefficient (Wildman–Crippen LogP) is 3.02. The molecule has 4 nitrogen and oxygen atoms in total. The number of methoxy groups -OCH3 is 1. The molecule has 1 N–H and O–H groups in total. The Labute approximate surface area is 155 Å². The fourth-order valence-corrected chi connectivity index (χ4v) is 5.34. The molecule has 0 aliphatic carbocycles. The molecule has 0 saturated carbocycles. The van der Waals surface area contributed by atoms with E-state index in [0.717, 1.165) is 59.3 Å². The summed E-state index contributed by atoms with van der Waals surface area (Å²) in [5.74, 6) is 0.739. The van der Waals surface area contributed by atoms with Crippen molar-refractivity contribution < 1.29 is 8.95 Å². The molecule has 0 spiro atoms. The third-order valence-electron chi connectivity index (χ3n) is 5.01. The van der Waals surface area contributed by atoms with Gasteiger partial charge in [-0.05, 0) is 47.9 Å². The van der Waals surface area contributed by atoms with Gasteiger partial charge in [-0.3, -0.25) is 4.90 Å². The zero-order valence-corrected chi connectivity index (χ0v) is 15.7. The molecule has 4 rings (SSSR count). The van der Waals surface area contributed by atoms with Gasteiger partial charge in [0.25, 0.3) is 0 Å². The van der Waals surface area contributed by atoms with Crippen molar-refractivity contribution in [3.8, 4) is 5.75 Å². The van der Waals surface area contributed by atoms with Crippen LogP contribution in [0.5, 0.6) is 5.75 Å². The summed E-state index contributed by atoms with van der Waals surface area (Å²) in [7, 11) is 0.404. The first-order valence-corrected chi connectivity index (χ1v) is 10.0. The smallest absolute Gasteiger partial charge is 0.120 e. The molecule has 132 valence electrons. The summed E-state index contributed by atoms with van der Waals surface area (Å²) >= 11 is 6.29. The van der Waals surface area contributed by atoms with E-state index in [1.54, 1.807) is 7.11 Å². The molecule has 0 aromatic heterocycles. The highest BCUT2D eigenvalue weighted by molar-refractivity contribution is 7.85. The molecular formula is C19H21ClN2O2S. The molecule has 2 aliphatic rings. The molecule has 2 aromatic carbocycles. The first-order chi connectivity index (χ1) is 12.2. The largest absolute Gasteiger partial charge is 0.497 e. The van der Waals surface area contributed by atoms with Crippen molar-refractivity contribution in [3.63, 3.8) is 0 Å². The molecule has 2 aliphatic heterocycles. The zero-order valence-electron chi connectivity index (χ0n) is 14.1. The van der Waals surface area contributed by atoms with Crippen molar-refractivity contribution in [3.05, 3.63) is 52.5 Å². The minimum atomic E-state index is -1.23. The van der Waals surface area contributed by atoms with Crippen LogP contribution >= 0.6 is 11.6 Å². The third-order valence-corrected chi connectivity index (χ3v) is 6.80. The standard InChI is InChI=1S/C19H21ClN2O2S/c1-24-15-4-2-13-10-17(22-8-6-21-7-9-22)16-11-14(20)3-5-18(16)25(23)19(13)12-15/h2-5,11-12,17,21H,6-10H2,1H3. The lowest BCUT2D eigenvalue weighted by Gasteiger charge is -2.35. The molecule has 2 unspecified atom stereocenters. The van der Waals surface area contributed by atoms with Crippen LogP contribution in [0.15, 0.2) is 46.2 Å². The Bertz CT molecular complexity index is 821. The molecule has 1 saturated heterocycles. The van der Waals surface area contributed by atoms with Gasteiger partial charge >= 0.3 is 0 Å². The number of nitrogens with one attached hydrogen (secondary N) is 1. The maximum atomic E-state index is 13.3. The minimum absolute atomic E-state index is 0.189. The fraction of sp³-hybridized carbons (Fsp3) is 0.368. The van der Waals surface area contributed by atoms with Crippen molar-refractivity contribution in [2.75, 3.05) is 33.3 Å². The Hall–Kier alpha value is -1.40. The molecule has 0 amide bonds. The number of piperazine rings is 1. The summed E-state index contributed by atoms with van der Waals surface area (Å²) in [5, 5.41) is 4.10. The first kappa shape index (κ1) is 17.0. The van der Waals surface area contributed by atoms with E-state index in [-0.39, 0.29) is 6.04 Å². The average Bonchev–Trinajstić information content (AvgIpc) is 2.77. The second-order valence-electron chi connectivity index (χ2n) is 6.43. The first-order valence-electron chi connectivity index (χ1n) is 8.50. The Morgan fingerprint density at radius 2 is 1.96 bits per heavy atom. The van der Waals surface area contributed by atoms with Gasteiger partial charge in [0.2, 0.25) is 0 Å². The molecule has 1 fully saturated rings. The van der Waals surface area contributed by atoms with E-state index in [1.165, 1.54) is 0 Å². The maximum Gasteiger partial charge on any atom is 0.120 e. The van der Waals surface area contributed by atoms with Crippen LogP contribution in [-0.2, 0) is 17.2 Å². The SMILES string of the molecule is COc1ccc2c(c1)S(=O)c1ccc(Cl)cc1C(N1CCNCC1)C2. The van der Waals surface area contributed by atoms with Crippen molar-refractivity contribution in [1.82, 2.24) is 10.2 Å². The van der Waals surface area contributed by atoms with Crippen molar-refractivity contribution >= 4 is 22.4 Å². The molecule has 25 heavy (non-hydrogen) atoms. The van der Waals surface area contributed by atoms with Crippen LogP contribution in [0.1, 0.15) is 17.2 Å². The number of hydrogen-bond donors (Lipinski definition) is 1. The second-order valence-corrected chi connectivity index (χ2v) is 8.28. The van der Waals surface area contributed by atoms with Crippen molar-refractivity contribution in [2.24, 2.45) is 0 Å². The van der Waals surface area contributed by atoms with Crippen LogP contribution in [-0.4, -0.2) is 42.4 Å². The Morgan fingerprint density at radius 1 is 1.16 bits per heavy atom. The number of halogens is 1. The Morgan fingerprint density at radius 3 is 2.72 bits per heavy atom. The van der Waals surface area contributed by atoms with Crippen molar-refractivity contribution in [1.29, 1.82) is 0 Å². The lowest BCUT2D eigenvalue weighted by molar-refractivity contribution is 0.170. The number of nitrogens with zero attached hydrogens (tertiary/aromatic N) is 1. The summed E-state index contributed by atoms with van der Waals surface area (Å²) in [4.78, 5) is 4.18. The summed E-state index contributed by atoms with van der Waals surface area (Å²) in [6.45, 7) is 3.92. The van der Waals surface area contributed by atoms with Crippen LogP contribution < -0.4 is 10.1 Å². The minimum Gasteiger partial charge on any atom is -0.497 e. The molecule has 2 heterocycles. The summed E-state index contributed by atoms with van der Waals surface area (Å²) in [6.07, 6.45) is 0.832. The van der Waals surface area contributed by atoms with Crippen LogP contribution in [0.2, 0.25) is 5.02 Å². The van der Waals surface area contributed by atoms with E-state index in [9.17, 15) is 4.21 Å². The maximum absolute atomic E-state index is 13.3. The number of ether oxygens (including phenoxy) is 1. The highest BCUT2D eigenvalue weighted by Crippen LogP contribution is 2.39. The van der Waals surface area contributed by atoms with E-state index in [1.807, 2.05) is 30.3 Å². The van der Waals surface area contributed by atoms with Crippen molar-refractivity contribution in [2.45, 2.75) is 22.3 Å². The summed E-state index contributed by atoms with van der Waals surface area (Å²) in [6, 6.07) is 11.8. The Kier molecular flexibility index (Phi) is 4.82. The lowest BCUT2D eigenvalue weighted by atomic mass is 9.96. The van der Waals surface area contributed by atoms with E-state index in [4.69, 9.17) is 16.3 Å². The van der Waals surface area contributed by atoms with E-state index in [0.29, 0.717) is 5.02 Å². The molecule has 0 radical (unpaired) electrons. The molecule has 6 heteroatoms. The number of rotatable bonds is 2. The van der Waals surface area contributed by atoms with E-state index in [2.05, 4.69) is 16.3 Å². The Balaban J connectivity index is 1.86. The molecular weight excluding hydrogens is 356 g/mol. The topological polar surface area (TPSA) is 41.6 Å². The second kappa shape index (κ2) is 7.08. The monoisotopic (exact) mass is 376 g/mol. The molecule has 2 atom stereocenters. The van der Waals surface area contributed by atoms with Crippen LogP contribution in [0, 0.1) is 0 Å². The van der Waals surface area contributed by atoms with Gasteiger partial charge in [0, 0.05) is 42.1 Å². The van der Waals surface area contributed by atoms with Crippen LogP contribution in [0.3, 0.4) is 0 Å². The fourth-order valence-electron chi connectivity index (χ4n) is 3.71. The zero-order chi connectivity index (χ0) is 17.4. The van der Waals surface area contributed by atoms with Gasteiger partial charge in [0.15, 0.2) is 0 Å². The lowest BCUT2D eigenvalue weighted by Crippen LogP contribution is -2.45. The van der Waals surface area contributed by atoms with Crippen LogP contribution in [0.4, 0.5) is 0 Å². The quantitative estimate of drug-likeness (QED) is 0.874. The average molecular weight is 377 g/mol. The van der Waals surface area contributed by atoms with Gasteiger partial charge in [-0.1, -0.05) is 17.7 Å². The highest BCUT2D eigenvalue weighted by atomic mass is 35.5. The van der Waals surface area contributed by atoms with Gasteiger partial charge in [-0.15, -0.1) is 0 Å². The van der Waals surface area contributed by atoms with Crippen LogP contribution in [0.25, 0.3) is 0 Å². The van der Waals surface area contributed by atoms with Gasteiger partial charge in [-0.2, -0.15) is 0 Å². The highest BCUT2D eigenvalue weighted by Gasteiger charge is 2.31. The van der Waals surface area contributed by atoms with E-state index < -0.39 is 10.8 Å². The van der Waals surface area contributed by atoms with Gasteiger partial charge < -0.3 is 10.1 Å². The van der Waals surface area contributed by atoms with Gasteiger partial charge in [0.05, 0.1) is 22.8 Å². The van der Waals surface area contributed by atoms with Gasteiger partial charge in [-0.25, -0.2) is 4.21 Å². The molecule has 0 bridgehead atoms.